The molecule has 0 spiro atoms. The first-order valence-electron chi connectivity index (χ1n) is 6.34. The minimum atomic E-state index is 0.867. The van der Waals surface area contributed by atoms with Gasteiger partial charge < -0.3 is 5.32 Å². The molecule has 0 aliphatic carbocycles. The molecule has 0 atom stereocenters. The summed E-state index contributed by atoms with van der Waals surface area (Å²) in [5.41, 5.74) is 3.36. The molecule has 0 radical (unpaired) electrons. The smallest absolute Gasteiger partial charge is 0.144 e. The molecule has 2 aromatic rings. The van der Waals surface area contributed by atoms with Gasteiger partial charge in [-0.05, 0) is 32.3 Å². The van der Waals surface area contributed by atoms with Crippen molar-refractivity contribution in [2.45, 2.75) is 26.7 Å². The zero-order chi connectivity index (χ0) is 12.8. The summed E-state index contributed by atoms with van der Waals surface area (Å²) >= 11 is 0. The largest absolute Gasteiger partial charge is 0.369 e. The maximum absolute atomic E-state index is 4.44. The normalized spacial score (nSPS) is 10.3. The Labute approximate surface area is 108 Å². The number of nitrogens with zero attached hydrogens (tertiary/aromatic N) is 2. The molecule has 0 aliphatic rings. The van der Waals surface area contributed by atoms with Gasteiger partial charge >= 0.3 is 0 Å². The van der Waals surface area contributed by atoms with E-state index in [1.54, 1.807) is 6.20 Å². The number of hydrogen-bond donors (Lipinski definition) is 1. The molecule has 18 heavy (non-hydrogen) atoms. The van der Waals surface area contributed by atoms with Crippen LogP contribution < -0.4 is 5.32 Å². The summed E-state index contributed by atoms with van der Waals surface area (Å²) in [6.45, 7) is 4.88. The van der Waals surface area contributed by atoms with Gasteiger partial charge in [0.2, 0.25) is 0 Å². The molecule has 3 heteroatoms. The first-order valence-corrected chi connectivity index (χ1v) is 6.34. The predicted octanol–water partition coefficient (Wildman–Crippen LogP) is 3.14. The fourth-order valence-electron chi connectivity index (χ4n) is 1.78. The summed E-state index contributed by atoms with van der Waals surface area (Å²) in [5, 5.41) is 3.31. The summed E-state index contributed by atoms with van der Waals surface area (Å²) in [7, 11) is 0. The molecule has 0 unspecified atom stereocenters. The number of nitrogens with one attached hydrogen (secondary N) is 1. The van der Waals surface area contributed by atoms with Crippen molar-refractivity contribution in [3.05, 3.63) is 53.5 Å². The van der Waals surface area contributed by atoms with Crippen LogP contribution in [0.4, 0.5) is 5.82 Å². The highest BCUT2D eigenvalue weighted by Crippen LogP contribution is 2.06. The molecule has 1 aromatic carbocycles. The van der Waals surface area contributed by atoms with Crippen LogP contribution in [0.25, 0.3) is 0 Å². The number of rotatable bonds is 5. The lowest BCUT2D eigenvalue weighted by Crippen LogP contribution is -2.06. The number of hydrogen-bond acceptors (Lipinski definition) is 3. The molecule has 3 nitrogen and oxygen atoms in total. The first-order chi connectivity index (χ1) is 8.75. The minimum absolute atomic E-state index is 0.867. The molecule has 0 saturated heterocycles. The third kappa shape index (κ3) is 3.55. The molecular weight excluding hydrogens is 222 g/mol. The van der Waals surface area contributed by atoms with Crippen molar-refractivity contribution in [3.8, 4) is 0 Å². The molecule has 1 heterocycles. The van der Waals surface area contributed by atoms with Gasteiger partial charge in [0.1, 0.15) is 5.82 Å². The van der Waals surface area contributed by atoms with E-state index in [9.17, 15) is 0 Å². The summed E-state index contributed by atoms with van der Waals surface area (Å²) in [6.07, 6.45) is 3.98. The van der Waals surface area contributed by atoms with Crippen LogP contribution in [0.15, 0.2) is 36.5 Å². The van der Waals surface area contributed by atoms with Gasteiger partial charge in [-0.3, -0.25) is 4.98 Å². The molecule has 0 aliphatic heterocycles. The van der Waals surface area contributed by atoms with Gasteiger partial charge in [0.15, 0.2) is 0 Å². The zero-order valence-corrected chi connectivity index (χ0v) is 11.0. The Morgan fingerprint density at radius 3 is 2.56 bits per heavy atom. The van der Waals surface area contributed by atoms with Gasteiger partial charge in [-0.1, -0.05) is 30.3 Å². The van der Waals surface area contributed by atoms with Crippen LogP contribution >= 0.6 is 0 Å². The number of anilines is 1. The predicted molar refractivity (Wildman–Crippen MR) is 74.8 cm³/mol. The highest BCUT2D eigenvalue weighted by Gasteiger charge is 1.98. The van der Waals surface area contributed by atoms with Crippen molar-refractivity contribution in [2.24, 2.45) is 0 Å². The van der Waals surface area contributed by atoms with E-state index in [1.165, 1.54) is 5.56 Å². The lowest BCUT2D eigenvalue weighted by atomic mass is 10.1. The second kappa shape index (κ2) is 6.15. The maximum atomic E-state index is 4.44. The molecule has 0 fully saturated rings. The average Bonchev–Trinajstić information content (AvgIpc) is 2.40. The van der Waals surface area contributed by atoms with Crippen LogP contribution in [0.5, 0.6) is 0 Å². The van der Waals surface area contributed by atoms with E-state index < -0.39 is 0 Å². The fraction of sp³-hybridized carbons (Fsp3) is 0.333. The molecule has 0 saturated carbocycles. The van der Waals surface area contributed by atoms with Gasteiger partial charge in [-0.25, -0.2) is 4.98 Å². The van der Waals surface area contributed by atoms with E-state index in [-0.39, 0.29) is 0 Å². The summed E-state index contributed by atoms with van der Waals surface area (Å²) in [5.74, 6) is 0.867. The van der Waals surface area contributed by atoms with E-state index in [0.29, 0.717) is 0 Å². The summed E-state index contributed by atoms with van der Waals surface area (Å²) in [6, 6.07) is 10.5. The van der Waals surface area contributed by atoms with Crippen LogP contribution in [0.3, 0.4) is 0 Å². The Morgan fingerprint density at radius 2 is 1.83 bits per heavy atom. The summed E-state index contributed by atoms with van der Waals surface area (Å²) in [4.78, 5) is 8.73. The first kappa shape index (κ1) is 12.6. The van der Waals surface area contributed by atoms with E-state index in [2.05, 4.69) is 39.6 Å². The van der Waals surface area contributed by atoms with E-state index in [4.69, 9.17) is 0 Å². The van der Waals surface area contributed by atoms with Crippen molar-refractivity contribution < 1.29 is 0 Å². The average molecular weight is 241 g/mol. The molecular formula is C15H19N3. The van der Waals surface area contributed by atoms with Crippen molar-refractivity contribution in [2.75, 3.05) is 11.9 Å². The van der Waals surface area contributed by atoms with Crippen molar-refractivity contribution in [1.29, 1.82) is 0 Å². The van der Waals surface area contributed by atoms with Gasteiger partial charge in [-0.15, -0.1) is 0 Å². The number of benzene rings is 1. The van der Waals surface area contributed by atoms with Crippen LogP contribution in [-0.4, -0.2) is 16.5 Å². The monoisotopic (exact) mass is 241 g/mol. The molecule has 0 amide bonds. The van der Waals surface area contributed by atoms with Crippen molar-refractivity contribution in [1.82, 2.24) is 9.97 Å². The Kier molecular flexibility index (Phi) is 4.29. The Hall–Kier alpha value is -1.90. The summed E-state index contributed by atoms with van der Waals surface area (Å²) < 4.78 is 0. The number of aromatic nitrogens is 2. The number of aryl methyl sites for hydroxylation is 3. The molecule has 1 N–H and O–H groups in total. The molecule has 0 bridgehead atoms. The Balaban J connectivity index is 1.77. The SMILES string of the molecule is Cc1ncc(NCCCc2ccccc2)nc1C. The molecule has 1 aromatic heterocycles. The zero-order valence-electron chi connectivity index (χ0n) is 11.0. The van der Waals surface area contributed by atoms with Gasteiger partial charge in [-0.2, -0.15) is 0 Å². The van der Waals surface area contributed by atoms with Crippen LogP contribution in [0, 0.1) is 13.8 Å². The van der Waals surface area contributed by atoms with Crippen LogP contribution in [-0.2, 0) is 6.42 Å². The van der Waals surface area contributed by atoms with Crippen LogP contribution in [0.2, 0.25) is 0 Å². The lowest BCUT2D eigenvalue weighted by molar-refractivity contribution is 0.855. The lowest BCUT2D eigenvalue weighted by Gasteiger charge is -2.07. The van der Waals surface area contributed by atoms with E-state index >= 15 is 0 Å². The van der Waals surface area contributed by atoms with Gasteiger partial charge in [0.25, 0.3) is 0 Å². The quantitative estimate of drug-likeness (QED) is 0.817. The second-order valence-corrected chi connectivity index (χ2v) is 4.44. The Bertz CT molecular complexity index is 494. The van der Waals surface area contributed by atoms with E-state index in [0.717, 1.165) is 36.6 Å². The molecule has 94 valence electrons. The highest BCUT2D eigenvalue weighted by molar-refractivity contribution is 5.33. The fourth-order valence-corrected chi connectivity index (χ4v) is 1.78. The second-order valence-electron chi connectivity index (χ2n) is 4.44. The Morgan fingerprint density at radius 1 is 1.06 bits per heavy atom. The van der Waals surface area contributed by atoms with Crippen molar-refractivity contribution >= 4 is 5.82 Å². The van der Waals surface area contributed by atoms with Gasteiger partial charge in [0.05, 0.1) is 17.6 Å². The maximum Gasteiger partial charge on any atom is 0.144 e. The highest BCUT2D eigenvalue weighted by atomic mass is 15.0. The van der Waals surface area contributed by atoms with Gasteiger partial charge in [0, 0.05) is 6.54 Å². The van der Waals surface area contributed by atoms with Crippen molar-refractivity contribution in [3.63, 3.8) is 0 Å². The third-order valence-electron chi connectivity index (χ3n) is 2.98. The topological polar surface area (TPSA) is 37.8 Å². The minimum Gasteiger partial charge on any atom is -0.369 e. The third-order valence-corrected chi connectivity index (χ3v) is 2.98. The van der Waals surface area contributed by atoms with Crippen LogP contribution in [0.1, 0.15) is 23.4 Å². The van der Waals surface area contributed by atoms with E-state index in [1.807, 2.05) is 19.9 Å². The molecule has 2 rings (SSSR count). The standard InChI is InChI=1S/C15H19N3/c1-12-13(2)18-15(11-17-12)16-10-6-9-14-7-4-3-5-8-14/h3-5,7-8,11H,6,9-10H2,1-2H3,(H,16,18).